The van der Waals surface area contributed by atoms with Gasteiger partial charge in [0, 0.05) is 6.07 Å². The van der Waals surface area contributed by atoms with Gasteiger partial charge in [-0.05, 0) is 24.3 Å². The number of carbonyl (C=O) groups is 1. The number of alkyl halides is 8. The highest BCUT2D eigenvalue weighted by Gasteiger charge is 2.56. The number of hydrogen-bond donors (Lipinski definition) is 1. The van der Waals surface area contributed by atoms with Crippen molar-refractivity contribution in [3.8, 4) is 11.6 Å². The molecule has 14 heteroatoms. The molecule has 0 aliphatic heterocycles. The summed E-state index contributed by atoms with van der Waals surface area (Å²) in [5.74, 6) is -7.38. The molecule has 0 atom stereocenters. The topological polar surface area (TPSA) is 63.6 Å². The Labute approximate surface area is 167 Å². The number of pyridine rings is 1. The van der Waals surface area contributed by atoms with Crippen LogP contribution in [0.2, 0.25) is 5.02 Å². The number of benzene rings is 1. The summed E-state index contributed by atoms with van der Waals surface area (Å²) < 4.78 is 105. The molecule has 0 radical (unpaired) electrons. The quantitative estimate of drug-likeness (QED) is 0.365. The average molecular weight is 462 g/mol. The monoisotopic (exact) mass is 461 g/mol. The maximum Gasteiger partial charge on any atom is 0.459 e. The molecule has 0 bridgehead atoms. The van der Waals surface area contributed by atoms with Crippen LogP contribution in [0.1, 0.15) is 16.1 Å². The van der Waals surface area contributed by atoms with Crippen molar-refractivity contribution in [2.75, 3.05) is 0 Å². The highest BCUT2D eigenvalue weighted by molar-refractivity contribution is 6.33. The van der Waals surface area contributed by atoms with E-state index in [1.54, 1.807) is 0 Å². The SMILES string of the molecule is O=C(NN=CC(F)(F)C(F)(F)F)c1nc(Oc2cccc(C(F)(F)F)c2)ccc1Cl. The van der Waals surface area contributed by atoms with E-state index in [4.69, 9.17) is 16.3 Å². The molecule has 0 aliphatic rings. The van der Waals surface area contributed by atoms with Gasteiger partial charge >= 0.3 is 18.3 Å². The van der Waals surface area contributed by atoms with Gasteiger partial charge in [-0.2, -0.15) is 40.2 Å². The molecule has 5 nitrogen and oxygen atoms in total. The first-order valence-corrected chi connectivity index (χ1v) is 7.89. The second kappa shape index (κ2) is 8.42. The number of rotatable bonds is 5. The van der Waals surface area contributed by atoms with Crippen LogP contribution in [0.25, 0.3) is 0 Å². The number of nitrogens with one attached hydrogen (secondary N) is 1. The predicted molar refractivity (Wildman–Crippen MR) is 87.7 cm³/mol. The molecule has 0 aliphatic carbocycles. The van der Waals surface area contributed by atoms with Crippen LogP contribution in [-0.2, 0) is 6.18 Å². The van der Waals surface area contributed by atoms with Gasteiger partial charge in [-0.25, -0.2) is 10.4 Å². The standard InChI is InChI=1S/C16H8ClF8N3O2/c17-10-4-5-11(30-9-3-1-2-8(6-9)15(20,21)22)27-12(10)13(29)28-26-7-14(18,19)16(23,24)25/h1-7H,(H,28,29). The number of carbonyl (C=O) groups excluding carboxylic acids is 1. The van der Waals surface area contributed by atoms with Crippen molar-refractivity contribution >= 4 is 23.7 Å². The number of hydrazone groups is 1. The van der Waals surface area contributed by atoms with Crippen molar-refractivity contribution in [3.05, 3.63) is 52.7 Å². The molecule has 2 rings (SSSR count). The van der Waals surface area contributed by atoms with Crippen molar-refractivity contribution in [1.82, 2.24) is 10.4 Å². The Bertz CT molecular complexity index is 960. The molecule has 1 N–H and O–H groups in total. The number of hydrogen-bond acceptors (Lipinski definition) is 4. The summed E-state index contributed by atoms with van der Waals surface area (Å²) in [7, 11) is 0. The van der Waals surface area contributed by atoms with Gasteiger partial charge in [0.1, 0.15) is 12.0 Å². The maximum atomic E-state index is 12.7. The van der Waals surface area contributed by atoms with E-state index in [0.717, 1.165) is 30.3 Å². The Morgan fingerprint density at radius 2 is 1.73 bits per heavy atom. The Morgan fingerprint density at radius 3 is 2.33 bits per heavy atom. The van der Waals surface area contributed by atoms with Crippen LogP contribution in [0.15, 0.2) is 41.5 Å². The van der Waals surface area contributed by atoms with Crippen LogP contribution >= 0.6 is 11.6 Å². The zero-order valence-corrected chi connectivity index (χ0v) is 14.9. The highest BCUT2D eigenvalue weighted by Crippen LogP contribution is 2.34. The molecule has 0 fully saturated rings. The van der Waals surface area contributed by atoms with Gasteiger partial charge in [-0.3, -0.25) is 4.79 Å². The fourth-order valence-electron chi connectivity index (χ4n) is 1.80. The largest absolute Gasteiger partial charge is 0.459 e. The van der Waals surface area contributed by atoms with E-state index >= 15 is 0 Å². The van der Waals surface area contributed by atoms with E-state index in [-0.39, 0.29) is 10.8 Å². The smallest absolute Gasteiger partial charge is 0.439 e. The molecule has 0 saturated heterocycles. The van der Waals surface area contributed by atoms with Crippen molar-refractivity contribution in [2.45, 2.75) is 18.3 Å². The lowest BCUT2D eigenvalue weighted by atomic mass is 10.2. The predicted octanol–water partition coefficient (Wildman–Crippen LogP) is 5.46. The number of amides is 1. The minimum absolute atomic E-state index is 0.297. The number of halogens is 9. The van der Waals surface area contributed by atoms with Gasteiger partial charge in [-0.15, -0.1) is 0 Å². The summed E-state index contributed by atoms with van der Waals surface area (Å²) in [6.07, 6.45) is -11.4. The Balaban J connectivity index is 2.18. The summed E-state index contributed by atoms with van der Waals surface area (Å²) in [5, 5.41) is 2.16. The maximum absolute atomic E-state index is 12.7. The lowest BCUT2D eigenvalue weighted by Gasteiger charge is -2.14. The molecule has 1 aromatic carbocycles. The number of aromatic nitrogens is 1. The summed E-state index contributed by atoms with van der Waals surface area (Å²) in [6, 6.07) is 5.78. The summed E-state index contributed by atoms with van der Waals surface area (Å²) in [4.78, 5) is 15.5. The van der Waals surface area contributed by atoms with Crippen molar-refractivity contribution in [3.63, 3.8) is 0 Å². The van der Waals surface area contributed by atoms with Crippen molar-refractivity contribution < 1.29 is 44.7 Å². The van der Waals surface area contributed by atoms with E-state index in [0.29, 0.717) is 6.07 Å². The number of nitrogens with zero attached hydrogens (tertiary/aromatic N) is 2. The molecule has 0 unspecified atom stereocenters. The molecular weight excluding hydrogens is 454 g/mol. The van der Waals surface area contributed by atoms with Gasteiger partial charge < -0.3 is 4.74 Å². The molecule has 1 heterocycles. The lowest BCUT2D eigenvalue weighted by Crippen LogP contribution is -2.38. The molecule has 1 aromatic heterocycles. The third kappa shape index (κ3) is 5.78. The minimum atomic E-state index is -5.92. The summed E-state index contributed by atoms with van der Waals surface area (Å²) in [5.41, 5.74) is -0.321. The average Bonchev–Trinajstić information content (AvgIpc) is 2.61. The lowest BCUT2D eigenvalue weighted by molar-refractivity contribution is -0.247. The Morgan fingerprint density at radius 1 is 1.07 bits per heavy atom. The molecule has 0 saturated carbocycles. The first-order valence-electron chi connectivity index (χ1n) is 7.51. The summed E-state index contributed by atoms with van der Waals surface area (Å²) >= 11 is 5.71. The molecular formula is C16H8ClF8N3O2. The van der Waals surface area contributed by atoms with Gasteiger partial charge in [0.05, 0.1) is 10.6 Å². The zero-order chi connectivity index (χ0) is 22.7. The van der Waals surface area contributed by atoms with Crippen LogP contribution in [-0.4, -0.2) is 29.2 Å². The van der Waals surface area contributed by atoms with E-state index in [1.165, 1.54) is 5.43 Å². The summed E-state index contributed by atoms with van der Waals surface area (Å²) in [6.45, 7) is 0. The van der Waals surface area contributed by atoms with Crippen LogP contribution in [0.4, 0.5) is 35.1 Å². The Kier molecular flexibility index (Phi) is 6.54. The van der Waals surface area contributed by atoms with E-state index in [9.17, 15) is 39.9 Å². The molecule has 2 aromatic rings. The zero-order valence-electron chi connectivity index (χ0n) is 14.2. The minimum Gasteiger partial charge on any atom is -0.439 e. The number of ether oxygens (including phenoxy) is 1. The highest BCUT2D eigenvalue weighted by atomic mass is 35.5. The second-order valence-electron chi connectivity index (χ2n) is 5.43. The Hall–Kier alpha value is -2.96. The van der Waals surface area contributed by atoms with E-state index < -0.39 is 47.5 Å². The van der Waals surface area contributed by atoms with E-state index in [2.05, 4.69) is 10.1 Å². The second-order valence-corrected chi connectivity index (χ2v) is 5.83. The van der Waals surface area contributed by atoms with Gasteiger partial charge in [-0.1, -0.05) is 17.7 Å². The third-order valence-electron chi connectivity index (χ3n) is 3.19. The fraction of sp³-hybridized carbons (Fsp3) is 0.188. The first kappa shape index (κ1) is 23.3. The van der Waals surface area contributed by atoms with Crippen molar-refractivity contribution in [2.24, 2.45) is 5.10 Å². The van der Waals surface area contributed by atoms with Crippen LogP contribution in [0, 0.1) is 0 Å². The van der Waals surface area contributed by atoms with Crippen LogP contribution < -0.4 is 10.2 Å². The van der Waals surface area contributed by atoms with Gasteiger partial charge in [0.2, 0.25) is 5.88 Å². The molecule has 0 spiro atoms. The molecule has 1 amide bonds. The van der Waals surface area contributed by atoms with Gasteiger partial charge in [0.25, 0.3) is 5.91 Å². The molecule has 30 heavy (non-hydrogen) atoms. The normalized spacial score (nSPS) is 12.8. The van der Waals surface area contributed by atoms with Crippen molar-refractivity contribution in [1.29, 1.82) is 0 Å². The van der Waals surface area contributed by atoms with Crippen LogP contribution in [0.3, 0.4) is 0 Å². The van der Waals surface area contributed by atoms with Crippen LogP contribution in [0.5, 0.6) is 11.6 Å². The van der Waals surface area contributed by atoms with E-state index in [1.807, 2.05) is 0 Å². The first-order chi connectivity index (χ1) is 13.7. The van der Waals surface area contributed by atoms with Gasteiger partial charge in [0.15, 0.2) is 5.69 Å². The molecule has 162 valence electrons. The third-order valence-corrected chi connectivity index (χ3v) is 3.50. The fourth-order valence-corrected chi connectivity index (χ4v) is 1.99.